The van der Waals surface area contributed by atoms with Crippen molar-refractivity contribution >= 4 is 29.9 Å². The van der Waals surface area contributed by atoms with E-state index in [9.17, 15) is 0 Å². The molecule has 0 aromatic carbocycles. The number of hydrogen-bond acceptors (Lipinski definition) is 4. The third-order valence-corrected chi connectivity index (χ3v) is 5.83. The van der Waals surface area contributed by atoms with Crippen molar-refractivity contribution in [3.63, 3.8) is 0 Å². The van der Waals surface area contributed by atoms with Crippen LogP contribution in [0, 0.1) is 12.3 Å². The lowest BCUT2D eigenvalue weighted by atomic mass is 9.73. The molecule has 0 spiro atoms. The number of aromatic nitrogens is 2. The van der Waals surface area contributed by atoms with Crippen molar-refractivity contribution in [1.82, 2.24) is 25.3 Å². The molecule has 0 amide bonds. The molecule has 2 heterocycles. The normalized spacial score (nSPS) is 20.4. The summed E-state index contributed by atoms with van der Waals surface area (Å²) in [5.74, 6) is 0.894. The summed E-state index contributed by atoms with van der Waals surface area (Å²) in [6.07, 6.45) is 10.6. The van der Waals surface area contributed by atoms with Crippen molar-refractivity contribution in [2.24, 2.45) is 10.4 Å². The third-order valence-electron chi connectivity index (χ3n) is 5.83. The summed E-state index contributed by atoms with van der Waals surface area (Å²) < 4.78 is 7.50. The lowest BCUT2D eigenvalue weighted by molar-refractivity contribution is 0.00820. The van der Waals surface area contributed by atoms with Crippen LogP contribution in [0.1, 0.15) is 37.7 Å². The molecule has 1 aliphatic carbocycles. The smallest absolute Gasteiger partial charge is 0.191 e. The largest absolute Gasteiger partial charge is 0.379 e. The topological polar surface area (TPSA) is 66.7 Å². The molecule has 3 rings (SSSR count). The Morgan fingerprint density at radius 2 is 1.96 bits per heavy atom. The molecule has 0 atom stereocenters. The maximum atomic E-state index is 5.53. The van der Waals surface area contributed by atoms with E-state index in [1.54, 1.807) is 0 Å². The van der Waals surface area contributed by atoms with Crippen molar-refractivity contribution in [3.8, 4) is 0 Å². The van der Waals surface area contributed by atoms with E-state index < -0.39 is 0 Å². The standard InChI is InChI=1S/C20H36N6O.HI/c1-18-14-24-26(15-18)9-8-22-19(21-2)23-16-20(6-4-3-5-7-20)17-25-10-12-27-13-11-25;/h14-15H,3-13,16-17H2,1-2H3,(H2,21,22,23);1H. The molecule has 28 heavy (non-hydrogen) atoms. The molecule has 1 aliphatic heterocycles. The van der Waals surface area contributed by atoms with Crippen LogP contribution < -0.4 is 10.6 Å². The summed E-state index contributed by atoms with van der Waals surface area (Å²) in [6, 6.07) is 0. The van der Waals surface area contributed by atoms with Crippen LogP contribution in [0.25, 0.3) is 0 Å². The average molecular weight is 504 g/mol. The number of aliphatic imine (C=N–C) groups is 1. The molecule has 160 valence electrons. The van der Waals surface area contributed by atoms with E-state index in [1.165, 1.54) is 44.2 Å². The third kappa shape index (κ3) is 7.18. The summed E-state index contributed by atoms with van der Waals surface area (Å²) in [5, 5.41) is 11.4. The van der Waals surface area contributed by atoms with Gasteiger partial charge in [-0.1, -0.05) is 19.3 Å². The van der Waals surface area contributed by atoms with E-state index in [2.05, 4.69) is 38.7 Å². The fraction of sp³-hybridized carbons (Fsp3) is 0.800. The molecule has 1 aromatic heterocycles. The zero-order valence-electron chi connectivity index (χ0n) is 17.5. The van der Waals surface area contributed by atoms with Crippen LogP contribution in [0.4, 0.5) is 0 Å². The number of nitrogens with one attached hydrogen (secondary N) is 2. The Bertz CT molecular complexity index is 593. The molecule has 0 unspecified atom stereocenters. The van der Waals surface area contributed by atoms with Crippen LogP contribution in [0.5, 0.6) is 0 Å². The second kappa shape index (κ2) is 12.0. The number of hydrogen-bond donors (Lipinski definition) is 2. The van der Waals surface area contributed by atoms with Crippen LogP contribution in [0.2, 0.25) is 0 Å². The van der Waals surface area contributed by atoms with Crippen LogP contribution in [-0.4, -0.2) is 73.6 Å². The Morgan fingerprint density at radius 3 is 2.61 bits per heavy atom. The van der Waals surface area contributed by atoms with Gasteiger partial charge in [0.25, 0.3) is 0 Å². The predicted molar refractivity (Wildman–Crippen MR) is 125 cm³/mol. The van der Waals surface area contributed by atoms with Crippen molar-refractivity contribution in [2.75, 3.05) is 53.0 Å². The number of halogens is 1. The zero-order valence-corrected chi connectivity index (χ0v) is 19.8. The second-order valence-electron chi connectivity index (χ2n) is 8.08. The van der Waals surface area contributed by atoms with Gasteiger partial charge in [-0.05, 0) is 25.3 Å². The van der Waals surface area contributed by atoms with Crippen molar-refractivity contribution in [2.45, 2.75) is 45.6 Å². The van der Waals surface area contributed by atoms with E-state index >= 15 is 0 Å². The molecule has 2 fully saturated rings. The minimum atomic E-state index is 0. The molecule has 2 aliphatic rings. The SMILES string of the molecule is CN=C(NCCn1cc(C)cn1)NCC1(CN2CCOCC2)CCCCC1.I. The number of rotatable bonds is 7. The molecular weight excluding hydrogens is 467 g/mol. The lowest BCUT2D eigenvalue weighted by Gasteiger charge is -2.42. The molecule has 1 saturated carbocycles. The van der Waals surface area contributed by atoms with E-state index in [4.69, 9.17) is 4.74 Å². The molecular formula is C20H37IN6O. The number of guanidine groups is 1. The average Bonchev–Trinajstić information content (AvgIpc) is 3.11. The van der Waals surface area contributed by atoms with Gasteiger partial charge in [-0.25, -0.2) is 0 Å². The fourth-order valence-electron chi connectivity index (χ4n) is 4.30. The number of nitrogens with zero attached hydrogens (tertiary/aromatic N) is 4. The molecule has 0 bridgehead atoms. The van der Waals surface area contributed by atoms with Gasteiger partial charge in [0.05, 0.1) is 26.0 Å². The number of ether oxygens (including phenoxy) is 1. The van der Waals surface area contributed by atoms with Gasteiger partial charge in [-0.2, -0.15) is 5.10 Å². The van der Waals surface area contributed by atoms with Gasteiger partial charge in [-0.15, -0.1) is 24.0 Å². The Balaban J connectivity index is 0.00000280. The summed E-state index contributed by atoms with van der Waals surface area (Å²) in [4.78, 5) is 7.01. The highest BCUT2D eigenvalue weighted by molar-refractivity contribution is 14.0. The van der Waals surface area contributed by atoms with Gasteiger partial charge >= 0.3 is 0 Å². The first-order chi connectivity index (χ1) is 13.2. The fourth-order valence-corrected chi connectivity index (χ4v) is 4.30. The molecule has 2 N–H and O–H groups in total. The van der Waals surface area contributed by atoms with E-state index in [0.29, 0.717) is 5.41 Å². The van der Waals surface area contributed by atoms with Crippen molar-refractivity contribution in [3.05, 3.63) is 18.0 Å². The minimum absolute atomic E-state index is 0. The summed E-state index contributed by atoms with van der Waals surface area (Å²) >= 11 is 0. The summed E-state index contributed by atoms with van der Waals surface area (Å²) in [5.41, 5.74) is 1.55. The highest BCUT2D eigenvalue weighted by Gasteiger charge is 2.34. The second-order valence-corrected chi connectivity index (χ2v) is 8.08. The summed E-state index contributed by atoms with van der Waals surface area (Å²) in [7, 11) is 1.85. The molecule has 1 aromatic rings. The highest BCUT2D eigenvalue weighted by Crippen LogP contribution is 2.36. The molecule has 7 nitrogen and oxygen atoms in total. The minimum Gasteiger partial charge on any atom is -0.379 e. The van der Waals surface area contributed by atoms with E-state index in [1.807, 2.05) is 17.9 Å². The molecule has 0 radical (unpaired) electrons. The lowest BCUT2D eigenvalue weighted by Crippen LogP contribution is -2.51. The van der Waals surface area contributed by atoms with Gasteiger partial charge in [0.15, 0.2) is 5.96 Å². The zero-order chi connectivity index (χ0) is 19.0. The van der Waals surface area contributed by atoms with Gasteiger partial charge in [-0.3, -0.25) is 14.6 Å². The Morgan fingerprint density at radius 1 is 1.21 bits per heavy atom. The number of aryl methyl sites for hydroxylation is 1. The first kappa shape index (κ1) is 23.4. The predicted octanol–water partition coefficient (Wildman–Crippen LogP) is 2.26. The Kier molecular flexibility index (Phi) is 10.0. The van der Waals surface area contributed by atoms with Crippen molar-refractivity contribution in [1.29, 1.82) is 0 Å². The van der Waals surface area contributed by atoms with Gasteiger partial charge in [0.1, 0.15) is 0 Å². The molecule has 1 saturated heterocycles. The van der Waals surface area contributed by atoms with Crippen LogP contribution in [0.3, 0.4) is 0 Å². The Hall–Kier alpha value is -0.870. The van der Waals surface area contributed by atoms with Crippen LogP contribution in [-0.2, 0) is 11.3 Å². The van der Waals surface area contributed by atoms with Gasteiger partial charge in [0, 0.05) is 51.4 Å². The van der Waals surface area contributed by atoms with E-state index in [0.717, 1.165) is 51.9 Å². The summed E-state index contributed by atoms with van der Waals surface area (Å²) in [6.45, 7) is 9.77. The maximum absolute atomic E-state index is 5.53. The van der Waals surface area contributed by atoms with Crippen LogP contribution in [0.15, 0.2) is 17.4 Å². The van der Waals surface area contributed by atoms with Gasteiger partial charge in [0.2, 0.25) is 0 Å². The highest BCUT2D eigenvalue weighted by atomic mass is 127. The quantitative estimate of drug-likeness (QED) is 0.339. The van der Waals surface area contributed by atoms with Gasteiger partial charge < -0.3 is 15.4 Å². The first-order valence-electron chi connectivity index (χ1n) is 10.4. The number of morpholine rings is 1. The van der Waals surface area contributed by atoms with Crippen LogP contribution >= 0.6 is 24.0 Å². The first-order valence-corrected chi connectivity index (χ1v) is 10.4. The van der Waals surface area contributed by atoms with E-state index in [-0.39, 0.29) is 24.0 Å². The maximum Gasteiger partial charge on any atom is 0.191 e. The monoisotopic (exact) mass is 504 g/mol. The van der Waals surface area contributed by atoms with Crippen molar-refractivity contribution < 1.29 is 4.74 Å². The Labute approximate surface area is 186 Å². The molecule has 8 heteroatoms.